The monoisotopic (exact) mass is 344 g/mol. The summed E-state index contributed by atoms with van der Waals surface area (Å²) in [5.41, 5.74) is 2.89. The van der Waals surface area contributed by atoms with Crippen molar-refractivity contribution in [2.45, 2.75) is 0 Å². The molecule has 0 aliphatic heterocycles. The number of aromatic nitrogens is 1. The average Bonchev–Trinajstić information content (AvgIpc) is 2.95. The van der Waals surface area contributed by atoms with Gasteiger partial charge in [-0.15, -0.1) is 12.4 Å². The fourth-order valence-electron chi connectivity index (χ4n) is 2.78. The first-order valence-electron chi connectivity index (χ1n) is 7.05. The fourth-order valence-corrected chi connectivity index (χ4v) is 2.78. The number of nitriles is 1. The molecule has 6 heteroatoms. The van der Waals surface area contributed by atoms with Crippen molar-refractivity contribution in [1.82, 2.24) is 4.73 Å². The van der Waals surface area contributed by atoms with Crippen molar-refractivity contribution >= 4 is 23.3 Å². The number of nitrogens with zero attached hydrogens (tertiary/aromatic N) is 2. The topological polar surface area (TPSA) is 56.4 Å². The Hall–Kier alpha value is -2.84. The molecule has 124 valence electrons. The van der Waals surface area contributed by atoms with Crippen LogP contribution in [0.15, 0.2) is 42.5 Å². The molecule has 0 fully saturated rings. The third-order valence-electron chi connectivity index (χ3n) is 3.80. The van der Waals surface area contributed by atoms with Crippen LogP contribution in [0.25, 0.3) is 22.0 Å². The van der Waals surface area contributed by atoms with Gasteiger partial charge < -0.3 is 14.3 Å². The van der Waals surface area contributed by atoms with Gasteiger partial charge >= 0.3 is 0 Å². The Kier molecular flexibility index (Phi) is 5.22. The minimum absolute atomic E-state index is 0. The zero-order chi connectivity index (χ0) is 16.4. The Bertz CT molecular complexity index is 895. The second-order valence-electron chi connectivity index (χ2n) is 4.90. The maximum absolute atomic E-state index is 9.64. The van der Waals surface area contributed by atoms with Gasteiger partial charge in [0.2, 0.25) is 0 Å². The number of rotatable bonds is 4. The minimum atomic E-state index is 0. The predicted octanol–water partition coefficient (Wildman–Crippen LogP) is 3.68. The van der Waals surface area contributed by atoms with E-state index in [4.69, 9.17) is 14.3 Å². The molecule has 0 aliphatic carbocycles. The lowest BCUT2D eigenvalue weighted by Crippen LogP contribution is -2.07. The summed E-state index contributed by atoms with van der Waals surface area (Å²) in [5.74, 6) is 1.45. The highest BCUT2D eigenvalue weighted by atomic mass is 35.5. The highest BCUT2D eigenvalue weighted by Gasteiger charge is 2.22. The molecule has 0 radical (unpaired) electrons. The van der Waals surface area contributed by atoms with E-state index in [2.05, 4.69) is 6.07 Å². The first-order chi connectivity index (χ1) is 11.2. The van der Waals surface area contributed by atoms with Gasteiger partial charge in [-0.25, -0.2) is 0 Å². The van der Waals surface area contributed by atoms with Crippen LogP contribution < -0.4 is 14.3 Å². The molecule has 5 nitrogen and oxygen atoms in total. The van der Waals surface area contributed by atoms with E-state index in [9.17, 15) is 5.26 Å². The van der Waals surface area contributed by atoms with E-state index in [-0.39, 0.29) is 12.4 Å². The molecule has 0 unspecified atom stereocenters. The molecule has 0 atom stereocenters. The molecule has 1 aromatic heterocycles. The standard InChI is InChI=1S/C18H16N2O3.ClH/c1-21-13-9-7-12(8-10-13)17-15(11-19)20(23-3)14-5-4-6-16(22-2)18(14)17;/h4-10H,1-3H3;1H. The SMILES string of the molecule is COc1ccc(-c2c(C#N)n(OC)c3cccc(OC)c23)cc1.Cl. The van der Waals surface area contributed by atoms with Crippen LogP contribution in [0.1, 0.15) is 5.69 Å². The van der Waals surface area contributed by atoms with Gasteiger partial charge in [-0.05, 0) is 29.8 Å². The van der Waals surface area contributed by atoms with Gasteiger partial charge in [0.15, 0.2) is 5.69 Å². The van der Waals surface area contributed by atoms with Crippen LogP contribution in [0.4, 0.5) is 0 Å². The molecule has 0 bridgehead atoms. The van der Waals surface area contributed by atoms with Crippen molar-refractivity contribution < 1.29 is 14.3 Å². The second kappa shape index (κ2) is 7.16. The first kappa shape index (κ1) is 17.5. The molecule has 2 aromatic carbocycles. The number of hydrogen-bond donors (Lipinski definition) is 0. The van der Waals surface area contributed by atoms with E-state index in [1.165, 1.54) is 11.8 Å². The van der Waals surface area contributed by atoms with E-state index in [0.717, 1.165) is 27.8 Å². The lowest BCUT2D eigenvalue weighted by molar-refractivity contribution is 0.177. The van der Waals surface area contributed by atoms with Gasteiger partial charge in [-0.3, -0.25) is 0 Å². The van der Waals surface area contributed by atoms with E-state index in [0.29, 0.717) is 11.4 Å². The summed E-state index contributed by atoms with van der Waals surface area (Å²) in [4.78, 5) is 5.41. The lowest BCUT2D eigenvalue weighted by atomic mass is 10.0. The molecule has 0 aliphatic rings. The van der Waals surface area contributed by atoms with Gasteiger partial charge in [0.25, 0.3) is 0 Å². The number of ether oxygens (including phenoxy) is 2. The van der Waals surface area contributed by atoms with Crippen molar-refractivity contribution in [3.05, 3.63) is 48.2 Å². The molecule has 1 heterocycles. The van der Waals surface area contributed by atoms with E-state index >= 15 is 0 Å². The predicted molar refractivity (Wildman–Crippen MR) is 94.9 cm³/mol. The Balaban J connectivity index is 0.00000208. The summed E-state index contributed by atoms with van der Waals surface area (Å²) in [7, 11) is 4.77. The summed E-state index contributed by atoms with van der Waals surface area (Å²) in [6, 6.07) is 15.4. The summed E-state index contributed by atoms with van der Waals surface area (Å²) in [6.45, 7) is 0. The molecule has 3 rings (SSSR count). The van der Waals surface area contributed by atoms with Gasteiger partial charge in [-0.1, -0.05) is 18.2 Å². The third kappa shape index (κ3) is 2.61. The molecule has 0 spiro atoms. The van der Waals surface area contributed by atoms with Crippen LogP contribution in [0, 0.1) is 11.3 Å². The molecule has 24 heavy (non-hydrogen) atoms. The van der Waals surface area contributed by atoms with Crippen LogP contribution in [0.3, 0.4) is 0 Å². The van der Waals surface area contributed by atoms with Crippen LogP contribution in [0.5, 0.6) is 11.5 Å². The number of hydrogen-bond acceptors (Lipinski definition) is 4. The van der Waals surface area contributed by atoms with E-state index < -0.39 is 0 Å². The maximum atomic E-state index is 9.64. The fraction of sp³-hybridized carbons (Fsp3) is 0.167. The molecule has 0 N–H and O–H groups in total. The molecule has 0 saturated carbocycles. The van der Waals surface area contributed by atoms with Crippen molar-refractivity contribution in [3.8, 4) is 28.7 Å². The molecular formula is C18H17ClN2O3. The lowest BCUT2D eigenvalue weighted by Gasteiger charge is -2.06. The van der Waals surface area contributed by atoms with Crippen LogP contribution in [0.2, 0.25) is 0 Å². The molecular weight excluding hydrogens is 328 g/mol. The summed E-state index contributed by atoms with van der Waals surface area (Å²) < 4.78 is 12.2. The number of fused-ring (bicyclic) bond motifs is 1. The summed E-state index contributed by atoms with van der Waals surface area (Å²) in [5, 5.41) is 10.5. The smallest absolute Gasteiger partial charge is 0.166 e. The highest BCUT2D eigenvalue weighted by molar-refractivity contribution is 6.03. The molecule has 0 amide bonds. The Morgan fingerprint density at radius 3 is 2.21 bits per heavy atom. The zero-order valence-electron chi connectivity index (χ0n) is 13.6. The van der Waals surface area contributed by atoms with Crippen LogP contribution >= 0.6 is 12.4 Å². The summed E-state index contributed by atoms with van der Waals surface area (Å²) in [6.07, 6.45) is 0. The third-order valence-corrected chi connectivity index (χ3v) is 3.80. The van der Waals surface area contributed by atoms with Crippen molar-refractivity contribution in [3.63, 3.8) is 0 Å². The van der Waals surface area contributed by atoms with Crippen LogP contribution in [-0.2, 0) is 0 Å². The Labute approximate surface area is 146 Å². The van der Waals surface area contributed by atoms with Gasteiger partial charge in [0, 0.05) is 5.56 Å². The average molecular weight is 345 g/mol. The van der Waals surface area contributed by atoms with Crippen molar-refractivity contribution in [2.24, 2.45) is 0 Å². The van der Waals surface area contributed by atoms with Crippen molar-refractivity contribution in [1.29, 1.82) is 5.26 Å². The number of methoxy groups -OCH3 is 2. The quantitative estimate of drug-likeness (QED) is 0.724. The minimum Gasteiger partial charge on any atom is -0.497 e. The van der Waals surface area contributed by atoms with E-state index in [1.54, 1.807) is 14.2 Å². The zero-order valence-corrected chi connectivity index (χ0v) is 14.4. The van der Waals surface area contributed by atoms with E-state index in [1.807, 2.05) is 42.5 Å². The van der Waals surface area contributed by atoms with Crippen molar-refractivity contribution in [2.75, 3.05) is 21.3 Å². The van der Waals surface area contributed by atoms with Gasteiger partial charge in [0.1, 0.15) is 24.7 Å². The van der Waals surface area contributed by atoms with Crippen LogP contribution in [-0.4, -0.2) is 26.1 Å². The Morgan fingerprint density at radius 1 is 0.958 bits per heavy atom. The first-order valence-corrected chi connectivity index (χ1v) is 7.05. The van der Waals surface area contributed by atoms with Gasteiger partial charge in [-0.2, -0.15) is 9.99 Å². The number of benzene rings is 2. The maximum Gasteiger partial charge on any atom is 0.166 e. The largest absolute Gasteiger partial charge is 0.497 e. The number of halogens is 1. The highest BCUT2D eigenvalue weighted by Crippen LogP contribution is 2.39. The van der Waals surface area contributed by atoms with Gasteiger partial charge in [0.05, 0.1) is 25.1 Å². The second-order valence-corrected chi connectivity index (χ2v) is 4.90. The normalized spacial score (nSPS) is 9.92. The Morgan fingerprint density at radius 2 is 1.67 bits per heavy atom. The molecule has 0 saturated heterocycles. The molecule has 3 aromatic rings. The summed E-state index contributed by atoms with van der Waals surface area (Å²) >= 11 is 0.